The van der Waals surface area contributed by atoms with Crippen LogP contribution in [-0.2, 0) is 0 Å². The van der Waals surface area contributed by atoms with Crippen molar-refractivity contribution < 1.29 is 4.42 Å². The van der Waals surface area contributed by atoms with Crippen molar-refractivity contribution in [3.63, 3.8) is 0 Å². The fourth-order valence-electron chi connectivity index (χ4n) is 6.78. The molecular weight excluding hydrogens is 607 g/mol. The number of benzene rings is 7. The molecule has 0 aliphatic carbocycles. The van der Waals surface area contributed by atoms with Crippen LogP contribution in [0.25, 0.3) is 98.2 Å². The van der Waals surface area contributed by atoms with Crippen molar-refractivity contribution in [3.8, 4) is 45.3 Å². The van der Waals surface area contributed by atoms with Gasteiger partial charge in [0.25, 0.3) is 0 Å². The molecule has 0 N–H and O–H groups in total. The van der Waals surface area contributed by atoms with Crippen LogP contribution in [-0.4, -0.2) is 15.0 Å². The molecule has 0 fully saturated rings. The number of nitrogens with zero attached hydrogens (tertiary/aromatic N) is 3. The maximum atomic E-state index is 6.53. The van der Waals surface area contributed by atoms with Crippen LogP contribution in [0.5, 0.6) is 0 Å². The molecule has 0 unspecified atom stereocenters. The van der Waals surface area contributed by atoms with E-state index in [0.717, 1.165) is 44.2 Å². The summed E-state index contributed by atoms with van der Waals surface area (Å²) in [5.41, 5.74) is 6.74. The number of aromatic nitrogens is 3. The zero-order chi connectivity index (χ0) is 31.6. The molecule has 0 bridgehead atoms. The Balaban J connectivity index is 1.11. The summed E-state index contributed by atoms with van der Waals surface area (Å²) < 4.78 is 9.01. The second-order valence-corrected chi connectivity index (χ2v) is 13.1. The van der Waals surface area contributed by atoms with Gasteiger partial charge in [-0.3, -0.25) is 0 Å². The average Bonchev–Trinajstić information content (AvgIpc) is 3.71. The lowest BCUT2D eigenvalue weighted by Gasteiger charge is -2.08. The molecule has 0 saturated heterocycles. The van der Waals surface area contributed by atoms with E-state index in [0.29, 0.717) is 17.5 Å². The van der Waals surface area contributed by atoms with E-state index >= 15 is 0 Å². The molecule has 3 heterocycles. The van der Waals surface area contributed by atoms with Gasteiger partial charge >= 0.3 is 0 Å². The Hall–Kier alpha value is -6.17. The Labute approximate surface area is 279 Å². The highest BCUT2D eigenvalue weighted by atomic mass is 32.1. The quantitative estimate of drug-likeness (QED) is 0.194. The van der Waals surface area contributed by atoms with E-state index in [2.05, 4.69) is 121 Å². The molecule has 48 heavy (non-hydrogen) atoms. The van der Waals surface area contributed by atoms with Crippen LogP contribution in [0, 0.1) is 0 Å². The summed E-state index contributed by atoms with van der Waals surface area (Å²) in [5.74, 6) is 1.88. The summed E-state index contributed by atoms with van der Waals surface area (Å²) in [7, 11) is 0. The fourth-order valence-corrected chi connectivity index (χ4v) is 7.92. The molecule has 3 aromatic heterocycles. The Bertz CT molecular complexity index is 2850. The third-order valence-corrected chi connectivity index (χ3v) is 10.3. The van der Waals surface area contributed by atoms with Gasteiger partial charge in [0.05, 0.1) is 0 Å². The predicted octanol–water partition coefficient (Wildman–Crippen LogP) is 12.0. The van der Waals surface area contributed by atoms with Crippen molar-refractivity contribution in [2.24, 2.45) is 0 Å². The maximum Gasteiger partial charge on any atom is 0.164 e. The molecule has 5 heteroatoms. The van der Waals surface area contributed by atoms with Crippen molar-refractivity contribution in [1.82, 2.24) is 15.0 Å². The van der Waals surface area contributed by atoms with Crippen LogP contribution in [0.4, 0.5) is 0 Å². The van der Waals surface area contributed by atoms with E-state index in [1.165, 1.54) is 36.5 Å². The maximum absolute atomic E-state index is 6.53. The van der Waals surface area contributed by atoms with Crippen molar-refractivity contribution in [1.29, 1.82) is 0 Å². The molecule has 224 valence electrons. The van der Waals surface area contributed by atoms with E-state index < -0.39 is 0 Å². The van der Waals surface area contributed by atoms with Gasteiger partial charge in [-0.05, 0) is 58.3 Å². The van der Waals surface area contributed by atoms with Crippen LogP contribution in [0.2, 0.25) is 0 Å². The first-order valence-corrected chi connectivity index (χ1v) is 16.7. The topological polar surface area (TPSA) is 51.8 Å². The highest BCUT2D eigenvalue weighted by Gasteiger charge is 2.16. The molecule has 0 saturated carbocycles. The Morgan fingerprint density at radius 3 is 1.73 bits per heavy atom. The average molecular weight is 632 g/mol. The summed E-state index contributed by atoms with van der Waals surface area (Å²) >= 11 is 1.79. The smallest absolute Gasteiger partial charge is 0.164 e. The highest BCUT2D eigenvalue weighted by Crippen LogP contribution is 2.38. The number of hydrogen-bond acceptors (Lipinski definition) is 5. The SMILES string of the molecule is c1ccc(-c2nc(-c3ccc4c(c3)oc3cc(-c5cccc6ccccc56)ccc34)nc(-c3ccc4c(c3)sc3ccccc34)n2)cc1. The van der Waals surface area contributed by atoms with E-state index in [1.54, 1.807) is 11.3 Å². The lowest BCUT2D eigenvalue weighted by molar-refractivity contribution is 0.669. The molecule has 0 atom stereocenters. The minimum Gasteiger partial charge on any atom is -0.456 e. The molecule has 0 aliphatic heterocycles. The second kappa shape index (κ2) is 10.7. The fraction of sp³-hybridized carbons (Fsp3) is 0. The van der Waals surface area contributed by atoms with Crippen LogP contribution >= 0.6 is 11.3 Å². The Kier molecular flexibility index (Phi) is 6.01. The summed E-state index contributed by atoms with van der Waals surface area (Å²) in [6, 6.07) is 52.8. The Morgan fingerprint density at radius 2 is 0.938 bits per heavy atom. The highest BCUT2D eigenvalue weighted by molar-refractivity contribution is 7.25. The third kappa shape index (κ3) is 4.40. The standard InChI is InChI=1S/C43H25N3OS/c1-2-10-27(11-3-1)41-44-42(46-43(45-41)30-19-22-36-35-14-6-7-16-39(35)48-40(36)25-30)29-18-21-34-33-20-17-28(23-37(33)47-38(34)24-29)32-15-8-12-26-9-4-5-13-31(26)32/h1-25H. The van der Waals surface area contributed by atoms with Crippen molar-refractivity contribution in [2.75, 3.05) is 0 Å². The van der Waals surface area contributed by atoms with Gasteiger partial charge in [0.15, 0.2) is 17.5 Å². The van der Waals surface area contributed by atoms with Gasteiger partial charge < -0.3 is 4.42 Å². The van der Waals surface area contributed by atoms with Crippen molar-refractivity contribution in [3.05, 3.63) is 152 Å². The van der Waals surface area contributed by atoms with Gasteiger partial charge in [-0.2, -0.15) is 0 Å². The van der Waals surface area contributed by atoms with E-state index in [1.807, 2.05) is 30.3 Å². The van der Waals surface area contributed by atoms with Crippen molar-refractivity contribution >= 4 is 64.2 Å². The molecule has 7 aromatic carbocycles. The first-order valence-electron chi connectivity index (χ1n) is 15.9. The largest absolute Gasteiger partial charge is 0.456 e. The molecule has 10 rings (SSSR count). The molecule has 0 aliphatic rings. The lowest BCUT2D eigenvalue weighted by Crippen LogP contribution is -2.00. The number of hydrogen-bond donors (Lipinski definition) is 0. The Morgan fingerprint density at radius 1 is 0.375 bits per heavy atom. The first kappa shape index (κ1) is 27.0. The summed E-state index contributed by atoms with van der Waals surface area (Å²) in [6.07, 6.45) is 0. The number of rotatable bonds is 4. The molecule has 0 radical (unpaired) electrons. The number of thiophene rings is 1. The van der Waals surface area contributed by atoms with Crippen LogP contribution < -0.4 is 0 Å². The summed E-state index contributed by atoms with van der Waals surface area (Å²) in [5, 5.41) is 7.11. The summed E-state index contributed by atoms with van der Waals surface area (Å²) in [4.78, 5) is 15.0. The van der Waals surface area contributed by atoms with E-state index in [9.17, 15) is 0 Å². The van der Waals surface area contributed by atoms with E-state index in [-0.39, 0.29) is 0 Å². The zero-order valence-corrected chi connectivity index (χ0v) is 26.4. The molecule has 0 amide bonds. The van der Waals surface area contributed by atoms with Crippen molar-refractivity contribution in [2.45, 2.75) is 0 Å². The number of furan rings is 1. The molecular formula is C43H25N3OS. The predicted molar refractivity (Wildman–Crippen MR) is 199 cm³/mol. The molecule has 4 nitrogen and oxygen atoms in total. The molecule has 10 aromatic rings. The van der Waals surface area contributed by atoms with Gasteiger partial charge in [0.1, 0.15) is 11.2 Å². The first-order chi connectivity index (χ1) is 23.7. The lowest BCUT2D eigenvalue weighted by atomic mass is 9.97. The normalized spacial score (nSPS) is 11.8. The monoisotopic (exact) mass is 631 g/mol. The second-order valence-electron chi connectivity index (χ2n) is 12.0. The minimum atomic E-state index is 0.606. The van der Waals surface area contributed by atoms with E-state index in [4.69, 9.17) is 19.4 Å². The van der Waals surface area contributed by atoms with Crippen LogP contribution in [0.3, 0.4) is 0 Å². The van der Waals surface area contributed by atoms with Gasteiger partial charge in [0, 0.05) is 47.6 Å². The zero-order valence-electron chi connectivity index (χ0n) is 25.6. The molecule has 0 spiro atoms. The minimum absolute atomic E-state index is 0.606. The van der Waals surface area contributed by atoms with Crippen LogP contribution in [0.15, 0.2) is 156 Å². The van der Waals surface area contributed by atoms with Gasteiger partial charge in [0.2, 0.25) is 0 Å². The number of fused-ring (bicyclic) bond motifs is 7. The van der Waals surface area contributed by atoms with Crippen LogP contribution in [0.1, 0.15) is 0 Å². The van der Waals surface area contributed by atoms with Gasteiger partial charge in [-0.1, -0.05) is 115 Å². The van der Waals surface area contributed by atoms with Gasteiger partial charge in [-0.25, -0.2) is 15.0 Å². The third-order valence-electron chi connectivity index (χ3n) is 9.14. The van der Waals surface area contributed by atoms with Gasteiger partial charge in [-0.15, -0.1) is 11.3 Å². The summed E-state index contributed by atoms with van der Waals surface area (Å²) in [6.45, 7) is 0.